The molecule has 0 unspecified atom stereocenters. The van der Waals surface area contributed by atoms with Crippen LogP contribution in [0.1, 0.15) is 32.7 Å². The normalized spacial score (nSPS) is 37.9. The third kappa shape index (κ3) is 2.48. The maximum Gasteiger partial charge on any atom is 0.255 e. The number of aliphatic hydroxyl groups excluding tert-OH is 2. The van der Waals surface area contributed by atoms with Gasteiger partial charge in [-0.05, 0) is 38.9 Å². The molecule has 1 saturated carbocycles. The van der Waals surface area contributed by atoms with Gasteiger partial charge in [-0.2, -0.15) is 0 Å². The molecule has 32 heavy (non-hydrogen) atoms. The Bertz CT molecular complexity index is 1330. The lowest BCUT2D eigenvalue weighted by atomic mass is 9.54. The summed E-state index contributed by atoms with van der Waals surface area (Å²) in [4.78, 5) is 39.2. The van der Waals surface area contributed by atoms with E-state index in [2.05, 4.69) is 0 Å². The molecule has 3 aliphatic carbocycles. The third-order valence-corrected chi connectivity index (χ3v) is 6.74. The summed E-state index contributed by atoms with van der Waals surface area (Å²) < 4.78 is 46.7. The summed E-state index contributed by atoms with van der Waals surface area (Å²) in [6.07, 6.45) is -0.723. The van der Waals surface area contributed by atoms with Crippen LogP contribution in [-0.2, 0) is 20.0 Å². The largest absolute Gasteiger partial charge is 0.508 e. The first kappa shape index (κ1) is 15.6. The molecule has 4 rings (SSSR count). The highest BCUT2D eigenvalue weighted by Crippen LogP contribution is 2.57. The van der Waals surface area contributed by atoms with Crippen LogP contribution in [0.3, 0.4) is 0 Å². The van der Waals surface area contributed by atoms with Gasteiger partial charge in [0.25, 0.3) is 5.91 Å². The number of hydrogen-bond acceptors (Lipinski definition) is 9. The number of fused-ring (bicyclic) bond motifs is 3. The molecule has 0 aliphatic heterocycles. The Kier molecular flexibility index (Phi) is 3.23. The molecule has 1 aromatic carbocycles. The minimum atomic E-state index is -3.54. The predicted octanol–water partition coefficient (Wildman–Crippen LogP) is -0.371. The average Bonchev–Trinajstić information content (AvgIpc) is 2.74. The van der Waals surface area contributed by atoms with E-state index >= 15 is 0 Å². The predicted molar refractivity (Wildman–Crippen MR) is 110 cm³/mol. The minimum Gasteiger partial charge on any atom is -0.508 e. The zero-order valence-electron chi connectivity index (χ0n) is 22.7. The Morgan fingerprint density at radius 3 is 2.47 bits per heavy atom. The highest BCUT2D eigenvalue weighted by atomic mass is 16.3. The van der Waals surface area contributed by atoms with Crippen molar-refractivity contribution >= 4 is 23.2 Å². The van der Waals surface area contributed by atoms with E-state index in [1.807, 2.05) is 0 Å². The van der Waals surface area contributed by atoms with Crippen LogP contribution in [0, 0.1) is 11.8 Å². The van der Waals surface area contributed by atoms with E-state index in [1.165, 1.54) is 19.1 Å². The number of aliphatic hydroxyl groups is 4. The van der Waals surface area contributed by atoms with E-state index in [4.69, 9.17) is 14.0 Å². The molecular formula is C22H24N2O8. The molecule has 1 aromatic rings. The smallest absolute Gasteiger partial charge is 0.255 e. The number of Topliss-reactive ketones (excluding diaryl/α,β-unsaturated/α-hetero) is 2. The van der Waals surface area contributed by atoms with Gasteiger partial charge in [-0.25, -0.2) is 0 Å². The summed E-state index contributed by atoms with van der Waals surface area (Å²) in [5, 5.41) is 55.4. The summed E-state index contributed by atoms with van der Waals surface area (Å²) in [5.74, 6) is -11.3. The molecule has 10 heteroatoms. The molecule has 1 amide bonds. The van der Waals surface area contributed by atoms with Crippen LogP contribution in [0.25, 0.3) is 5.76 Å². The van der Waals surface area contributed by atoms with Gasteiger partial charge in [-0.1, -0.05) is 12.1 Å². The van der Waals surface area contributed by atoms with Gasteiger partial charge in [0.05, 0.1) is 17.2 Å². The number of nitrogens with two attached hydrogens (primary N) is 1. The molecule has 7 N–H and O–H groups in total. The van der Waals surface area contributed by atoms with Crippen molar-refractivity contribution in [3.63, 3.8) is 0 Å². The van der Waals surface area contributed by atoms with E-state index in [0.717, 1.165) is 6.07 Å². The van der Waals surface area contributed by atoms with Crippen LogP contribution in [0.4, 0.5) is 0 Å². The SMILES string of the molecule is [2H]C([2H])([2H])N([C@H]1C(=O)C(C(N)=O)=C(O)[C@]2(O)C(=O)C3=C(O)c4c(O)cccc4[C@](C)(O)[C@@H]3C[C@H]12)C([2H])([2H])[2H]. The number of phenolic OH excluding ortho intramolecular Hbond substituents is 1. The van der Waals surface area contributed by atoms with Crippen LogP contribution in [-0.4, -0.2) is 73.5 Å². The summed E-state index contributed by atoms with van der Waals surface area (Å²) in [5.41, 5.74) is -2.68. The van der Waals surface area contributed by atoms with Gasteiger partial charge >= 0.3 is 0 Å². The van der Waals surface area contributed by atoms with Crippen molar-refractivity contribution in [1.29, 1.82) is 0 Å². The topological polar surface area (TPSA) is 182 Å². The van der Waals surface area contributed by atoms with Crippen molar-refractivity contribution < 1.29 is 48.1 Å². The first-order valence-corrected chi connectivity index (χ1v) is 9.52. The number of rotatable bonds is 2. The number of hydrogen-bond donors (Lipinski definition) is 6. The second kappa shape index (κ2) is 6.64. The number of likely N-dealkylation sites (N-methyl/N-ethyl adjacent to an activating group) is 1. The molecule has 0 heterocycles. The number of ketones is 2. The highest BCUT2D eigenvalue weighted by Gasteiger charge is 2.66. The zero-order chi connectivity index (χ0) is 28.9. The first-order valence-electron chi connectivity index (χ1n) is 12.5. The Morgan fingerprint density at radius 1 is 1.22 bits per heavy atom. The van der Waals surface area contributed by atoms with Crippen LogP contribution in [0.5, 0.6) is 5.75 Å². The summed E-state index contributed by atoms with van der Waals surface area (Å²) >= 11 is 0. The maximum atomic E-state index is 13.9. The lowest BCUT2D eigenvalue weighted by Gasteiger charge is -2.53. The number of primary amides is 1. The van der Waals surface area contributed by atoms with Gasteiger partial charge in [-0.3, -0.25) is 19.3 Å². The summed E-state index contributed by atoms with van der Waals surface area (Å²) in [6.45, 7) is -5.89. The lowest BCUT2D eigenvalue weighted by molar-refractivity contribution is -0.159. The van der Waals surface area contributed by atoms with Crippen molar-refractivity contribution in [1.82, 2.24) is 4.90 Å². The van der Waals surface area contributed by atoms with Gasteiger partial charge in [0, 0.05) is 25.6 Å². The molecule has 1 fully saturated rings. The molecule has 0 bridgehead atoms. The Balaban J connectivity index is 2.09. The van der Waals surface area contributed by atoms with E-state index in [0.29, 0.717) is 0 Å². The van der Waals surface area contributed by atoms with Gasteiger partial charge in [0.2, 0.25) is 5.78 Å². The fourth-order valence-electron chi connectivity index (χ4n) is 5.20. The molecule has 10 nitrogen and oxygen atoms in total. The van der Waals surface area contributed by atoms with E-state index < -0.39 is 95.3 Å². The maximum absolute atomic E-state index is 13.9. The summed E-state index contributed by atoms with van der Waals surface area (Å²) in [7, 11) is 0. The van der Waals surface area contributed by atoms with Gasteiger partial charge in [0.15, 0.2) is 11.4 Å². The van der Waals surface area contributed by atoms with Crippen molar-refractivity contribution in [3.8, 4) is 5.75 Å². The second-order valence-electron chi connectivity index (χ2n) is 8.37. The quantitative estimate of drug-likeness (QED) is 0.327. The van der Waals surface area contributed by atoms with Gasteiger partial charge in [-0.15, -0.1) is 0 Å². The number of amides is 1. The van der Waals surface area contributed by atoms with E-state index in [1.54, 1.807) is 0 Å². The Hall–Kier alpha value is -3.21. The average molecular weight is 450 g/mol. The zero-order valence-corrected chi connectivity index (χ0v) is 16.7. The van der Waals surface area contributed by atoms with Crippen molar-refractivity contribution in [2.24, 2.45) is 17.6 Å². The van der Waals surface area contributed by atoms with E-state index in [-0.39, 0.29) is 16.0 Å². The van der Waals surface area contributed by atoms with Crippen molar-refractivity contribution in [2.75, 3.05) is 14.0 Å². The molecule has 5 atom stereocenters. The number of nitrogens with zero attached hydrogens (tertiary/aromatic N) is 1. The monoisotopic (exact) mass is 450 g/mol. The van der Waals surface area contributed by atoms with E-state index in [9.17, 15) is 39.9 Å². The van der Waals surface area contributed by atoms with Crippen molar-refractivity contribution in [2.45, 2.75) is 30.6 Å². The molecule has 0 spiro atoms. The number of aromatic hydroxyl groups is 1. The molecule has 0 radical (unpaired) electrons. The molecule has 3 aliphatic rings. The molecular weight excluding hydrogens is 420 g/mol. The fourth-order valence-corrected chi connectivity index (χ4v) is 5.20. The Morgan fingerprint density at radius 2 is 1.88 bits per heavy atom. The van der Waals surface area contributed by atoms with Crippen LogP contribution >= 0.6 is 0 Å². The lowest BCUT2D eigenvalue weighted by Crippen LogP contribution is -2.67. The van der Waals surface area contributed by atoms with Crippen LogP contribution in [0.2, 0.25) is 0 Å². The van der Waals surface area contributed by atoms with Gasteiger partial charge < -0.3 is 31.3 Å². The number of phenols is 1. The van der Waals surface area contributed by atoms with Crippen molar-refractivity contribution in [3.05, 3.63) is 46.2 Å². The second-order valence-corrected chi connectivity index (χ2v) is 8.37. The highest BCUT2D eigenvalue weighted by molar-refractivity contribution is 6.24. The number of carbonyl (C=O) groups excluding carboxylic acids is 3. The third-order valence-electron chi connectivity index (χ3n) is 6.74. The standard InChI is InChI=1S/C22H24N2O8/c1-21(31)8-5-4-6-11(25)12(8)16(26)13-9(21)7-10-15(24(2)3)17(27)14(20(23)30)19(29)22(10,32)18(13)28/h4-6,9-10,15,25-26,29,31-32H,7H2,1-3H3,(H2,23,30)/t9-,10-,15-,21+,22-/m1/s1/i2D3,3D3. The number of carbonyl (C=O) groups is 3. The van der Waals surface area contributed by atoms with Gasteiger partial charge in [0.1, 0.15) is 22.8 Å². The first-order chi connectivity index (χ1) is 17.2. The Labute approximate surface area is 191 Å². The fraction of sp³-hybridized carbons (Fsp3) is 0.409. The minimum absolute atomic E-state index is 0.0539. The molecule has 0 saturated heterocycles. The van der Waals surface area contributed by atoms with Crippen LogP contribution < -0.4 is 5.73 Å². The summed E-state index contributed by atoms with van der Waals surface area (Å²) in [6, 6.07) is 1.40. The number of benzene rings is 1. The van der Waals surface area contributed by atoms with Crippen LogP contribution in [0.15, 0.2) is 35.1 Å². The molecule has 170 valence electrons. The molecule has 0 aromatic heterocycles.